The highest BCUT2D eigenvalue weighted by Gasteiger charge is 2.21. The van der Waals surface area contributed by atoms with Gasteiger partial charge in [0.05, 0.1) is 11.2 Å². The van der Waals surface area contributed by atoms with Crippen molar-refractivity contribution in [2.45, 2.75) is 52.4 Å². The lowest BCUT2D eigenvalue weighted by molar-refractivity contribution is 0.549. The summed E-state index contributed by atoms with van der Waals surface area (Å²) in [6, 6.07) is 17.0. The summed E-state index contributed by atoms with van der Waals surface area (Å²) in [6.07, 6.45) is 0. The lowest BCUT2D eigenvalue weighted by Gasteiger charge is -2.21. The molecule has 0 saturated carbocycles. The van der Waals surface area contributed by atoms with Gasteiger partial charge >= 0.3 is 0 Å². The standard InChI is InChI=1S/C22H26N2/c1-21(2,3)16-11-9-10-15(14-16)19-17-12-7-8-13-18(17)23-20(24-19)22(4,5)6/h7-14H,1-6H3. The second-order valence-corrected chi connectivity index (χ2v) is 8.49. The lowest BCUT2D eigenvalue weighted by Crippen LogP contribution is -2.16. The average Bonchev–Trinajstić information content (AvgIpc) is 2.52. The fourth-order valence-corrected chi connectivity index (χ4v) is 2.77. The van der Waals surface area contributed by atoms with Gasteiger partial charge in [-0.1, -0.05) is 77.9 Å². The van der Waals surface area contributed by atoms with E-state index in [4.69, 9.17) is 9.97 Å². The van der Waals surface area contributed by atoms with Crippen LogP contribution in [0, 0.1) is 0 Å². The van der Waals surface area contributed by atoms with Crippen molar-refractivity contribution < 1.29 is 0 Å². The number of aromatic nitrogens is 2. The first-order valence-electron chi connectivity index (χ1n) is 8.54. The summed E-state index contributed by atoms with van der Waals surface area (Å²) >= 11 is 0. The monoisotopic (exact) mass is 318 g/mol. The molecule has 0 saturated heterocycles. The van der Waals surface area contributed by atoms with Gasteiger partial charge in [-0.2, -0.15) is 0 Å². The molecule has 2 aromatic carbocycles. The van der Waals surface area contributed by atoms with Crippen LogP contribution >= 0.6 is 0 Å². The van der Waals surface area contributed by atoms with Gasteiger partial charge in [-0.15, -0.1) is 0 Å². The quantitative estimate of drug-likeness (QED) is 0.559. The topological polar surface area (TPSA) is 25.8 Å². The highest BCUT2D eigenvalue weighted by atomic mass is 14.9. The van der Waals surface area contributed by atoms with Crippen molar-refractivity contribution in [2.24, 2.45) is 0 Å². The number of rotatable bonds is 1. The molecule has 0 aliphatic heterocycles. The molecule has 0 aliphatic rings. The van der Waals surface area contributed by atoms with E-state index in [0.717, 1.165) is 28.0 Å². The third-order valence-electron chi connectivity index (χ3n) is 4.28. The normalized spacial score (nSPS) is 12.6. The van der Waals surface area contributed by atoms with Crippen molar-refractivity contribution in [3.63, 3.8) is 0 Å². The van der Waals surface area contributed by atoms with Crippen LogP contribution in [-0.2, 0) is 10.8 Å². The molecule has 3 aromatic rings. The molecule has 2 nitrogen and oxygen atoms in total. The average molecular weight is 318 g/mol. The summed E-state index contributed by atoms with van der Waals surface area (Å²) < 4.78 is 0. The van der Waals surface area contributed by atoms with Crippen molar-refractivity contribution in [1.82, 2.24) is 9.97 Å². The van der Waals surface area contributed by atoms with E-state index in [-0.39, 0.29) is 10.8 Å². The van der Waals surface area contributed by atoms with Crippen LogP contribution in [0.5, 0.6) is 0 Å². The van der Waals surface area contributed by atoms with Gasteiger partial charge in [-0.25, -0.2) is 9.97 Å². The van der Waals surface area contributed by atoms with Gasteiger partial charge in [0.1, 0.15) is 5.82 Å². The summed E-state index contributed by atoms with van der Waals surface area (Å²) in [5.41, 5.74) is 4.54. The summed E-state index contributed by atoms with van der Waals surface area (Å²) in [5.74, 6) is 0.886. The molecule has 124 valence electrons. The molecular formula is C22H26N2. The lowest BCUT2D eigenvalue weighted by atomic mass is 9.85. The first-order valence-corrected chi connectivity index (χ1v) is 8.54. The van der Waals surface area contributed by atoms with Crippen LogP contribution in [0.1, 0.15) is 52.9 Å². The molecule has 0 aliphatic carbocycles. The number of benzene rings is 2. The minimum Gasteiger partial charge on any atom is -0.232 e. The van der Waals surface area contributed by atoms with Crippen molar-refractivity contribution >= 4 is 10.9 Å². The number of fused-ring (bicyclic) bond motifs is 1. The number of hydrogen-bond donors (Lipinski definition) is 0. The molecule has 0 unspecified atom stereocenters. The van der Waals surface area contributed by atoms with E-state index in [9.17, 15) is 0 Å². The minimum absolute atomic E-state index is 0.0829. The maximum absolute atomic E-state index is 4.95. The van der Waals surface area contributed by atoms with Gasteiger partial charge in [0.25, 0.3) is 0 Å². The third kappa shape index (κ3) is 3.19. The molecule has 0 fully saturated rings. The third-order valence-corrected chi connectivity index (χ3v) is 4.28. The Bertz CT molecular complexity index is 880. The number of nitrogens with zero attached hydrogens (tertiary/aromatic N) is 2. The van der Waals surface area contributed by atoms with Crippen molar-refractivity contribution in [2.75, 3.05) is 0 Å². The molecular weight excluding hydrogens is 292 g/mol. The van der Waals surface area contributed by atoms with Crippen LogP contribution < -0.4 is 0 Å². The second kappa shape index (κ2) is 5.70. The molecule has 2 heteroatoms. The Morgan fingerprint density at radius 2 is 1.42 bits per heavy atom. The molecule has 0 radical (unpaired) electrons. The SMILES string of the molecule is CC(C)(C)c1cccc(-c2nc(C(C)(C)C)nc3ccccc23)c1. The minimum atomic E-state index is -0.0829. The van der Waals surface area contributed by atoms with E-state index in [1.165, 1.54) is 5.56 Å². The Morgan fingerprint density at radius 3 is 2.08 bits per heavy atom. The Hall–Kier alpha value is -2.22. The van der Waals surface area contributed by atoms with Gasteiger partial charge in [0.15, 0.2) is 0 Å². The van der Waals surface area contributed by atoms with Crippen LogP contribution in [0.4, 0.5) is 0 Å². The van der Waals surface area contributed by atoms with Crippen molar-refractivity contribution in [1.29, 1.82) is 0 Å². The van der Waals surface area contributed by atoms with Crippen LogP contribution in [-0.4, -0.2) is 9.97 Å². The van der Waals surface area contributed by atoms with Gasteiger partial charge in [0.2, 0.25) is 0 Å². The summed E-state index contributed by atoms with van der Waals surface area (Å²) in [6.45, 7) is 13.2. The Kier molecular flexibility index (Phi) is 3.95. The maximum atomic E-state index is 4.95. The van der Waals surface area contributed by atoms with E-state index < -0.39 is 0 Å². The fourth-order valence-electron chi connectivity index (χ4n) is 2.77. The Labute approximate surface area is 145 Å². The van der Waals surface area contributed by atoms with Gasteiger partial charge in [-0.05, 0) is 23.1 Å². The summed E-state index contributed by atoms with van der Waals surface area (Å²) in [4.78, 5) is 9.75. The summed E-state index contributed by atoms with van der Waals surface area (Å²) in [7, 11) is 0. The van der Waals surface area contributed by atoms with E-state index >= 15 is 0 Å². The first kappa shape index (κ1) is 16.6. The van der Waals surface area contributed by atoms with Gasteiger partial charge < -0.3 is 0 Å². The summed E-state index contributed by atoms with van der Waals surface area (Å²) in [5, 5.41) is 1.11. The molecule has 0 N–H and O–H groups in total. The molecule has 0 spiro atoms. The molecule has 0 bridgehead atoms. The second-order valence-electron chi connectivity index (χ2n) is 8.49. The van der Waals surface area contributed by atoms with Gasteiger partial charge in [0, 0.05) is 16.4 Å². The molecule has 1 heterocycles. The fraction of sp³-hybridized carbons (Fsp3) is 0.364. The predicted octanol–water partition coefficient (Wildman–Crippen LogP) is 5.89. The molecule has 24 heavy (non-hydrogen) atoms. The number of para-hydroxylation sites is 1. The molecule has 0 amide bonds. The van der Waals surface area contributed by atoms with Crippen LogP contribution in [0.15, 0.2) is 48.5 Å². The van der Waals surface area contributed by atoms with Crippen molar-refractivity contribution in [3.05, 3.63) is 59.9 Å². The van der Waals surface area contributed by atoms with E-state index in [2.05, 4.69) is 84.0 Å². The van der Waals surface area contributed by atoms with Crippen LogP contribution in [0.2, 0.25) is 0 Å². The Morgan fingerprint density at radius 1 is 0.708 bits per heavy atom. The first-order chi connectivity index (χ1) is 11.2. The zero-order chi connectivity index (χ0) is 17.5. The maximum Gasteiger partial charge on any atom is 0.135 e. The molecule has 3 rings (SSSR count). The molecule has 0 atom stereocenters. The van der Waals surface area contributed by atoms with E-state index in [0.29, 0.717) is 0 Å². The predicted molar refractivity (Wildman–Crippen MR) is 102 cm³/mol. The zero-order valence-corrected chi connectivity index (χ0v) is 15.5. The molecule has 1 aromatic heterocycles. The van der Waals surface area contributed by atoms with Crippen molar-refractivity contribution in [3.8, 4) is 11.3 Å². The van der Waals surface area contributed by atoms with Crippen LogP contribution in [0.25, 0.3) is 22.2 Å². The highest BCUT2D eigenvalue weighted by molar-refractivity contribution is 5.92. The van der Waals surface area contributed by atoms with E-state index in [1.54, 1.807) is 0 Å². The van der Waals surface area contributed by atoms with Crippen LogP contribution in [0.3, 0.4) is 0 Å². The van der Waals surface area contributed by atoms with Gasteiger partial charge in [-0.3, -0.25) is 0 Å². The smallest absolute Gasteiger partial charge is 0.135 e. The highest BCUT2D eigenvalue weighted by Crippen LogP contribution is 2.32. The Balaban J connectivity index is 2.29. The van der Waals surface area contributed by atoms with E-state index in [1.807, 2.05) is 6.07 Å². The number of hydrogen-bond acceptors (Lipinski definition) is 2. The largest absolute Gasteiger partial charge is 0.232 e. The zero-order valence-electron chi connectivity index (χ0n) is 15.5.